The number of carbonyl (C=O) groups excluding carboxylic acids is 2. The van der Waals surface area contributed by atoms with E-state index in [0.29, 0.717) is 23.6 Å². The third kappa shape index (κ3) is 5.84. The molecule has 0 unspecified atom stereocenters. The van der Waals surface area contributed by atoms with Crippen LogP contribution in [0.25, 0.3) is 0 Å². The first-order valence-electron chi connectivity index (χ1n) is 9.78. The molecule has 1 amide bonds. The normalized spacial score (nSPS) is 16.2. The van der Waals surface area contributed by atoms with E-state index in [1.807, 2.05) is 13.8 Å². The summed E-state index contributed by atoms with van der Waals surface area (Å²) in [7, 11) is 0. The smallest absolute Gasteiger partial charge is 0.341 e. The van der Waals surface area contributed by atoms with Gasteiger partial charge in [-0.3, -0.25) is 4.79 Å². The number of carbonyl (C=O) groups is 2. The molecule has 0 spiro atoms. The van der Waals surface area contributed by atoms with Crippen LogP contribution in [-0.4, -0.2) is 18.5 Å². The fourth-order valence-corrected chi connectivity index (χ4v) is 4.64. The van der Waals surface area contributed by atoms with Gasteiger partial charge in [0.1, 0.15) is 5.00 Å². The molecule has 0 radical (unpaired) electrons. The zero-order valence-electron chi connectivity index (χ0n) is 15.6. The van der Waals surface area contributed by atoms with Crippen molar-refractivity contribution in [1.29, 1.82) is 0 Å². The number of anilines is 1. The number of ether oxygens (including phenoxy) is 1. The summed E-state index contributed by atoms with van der Waals surface area (Å²) in [5, 5.41) is 3.62. The molecule has 2 rings (SSSR count). The second kappa shape index (κ2) is 10.6. The van der Waals surface area contributed by atoms with Crippen molar-refractivity contribution in [3.63, 3.8) is 0 Å². The molecule has 25 heavy (non-hydrogen) atoms. The number of esters is 1. The van der Waals surface area contributed by atoms with Crippen molar-refractivity contribution >= 4 is 28.2 Å². The quantitative estimate of drug-likeness (QED) is 0.718. The highest BCUT2D eigenvalue weighted by molar-refractivity contribution is 7.17. The van der Waals surface area contributed by atoms with Gasteiger partial charge in [0.05, 0.1) is 12.2 Å². The molecule has 0 saturated heterocycles. The van der Waals surface area contributed by atoms with Crippen LogP contribution in [0.5, 0.6) is 0 Å². The van der Waals surface area contributed by atoms with E-state index in [1.165, 1.54) is 43.4 Å². The highest BCUT2D eigenvalue weighted by Gasteiger charge is 2.25. The van der Waals surface area contributed by atoms with Gasteiger partial charge in [-0.1, -0.05) is 45.4 Å². The molecule has 140 valence electrons. The molecule has 1 aliphatic rings. The minimum atomic E-state index is -0.293. The van der Waals surface area contributed by atoms with Gasteiger partial charge in [0, 0.05) is 11.3 Å². The Bertz CT molecular complexity index is 580. The van der Waals surface area contributed by atoms with Crippen molar-refractivity contribution in [2.24, 2.45) is 0 Å². The average molecular weight is 366 g/mol. The van der Waals surface area contributed by atoms with Gasteiger partial charge in [-0.2, -0.15) is 0 Å². The van der Waals surface area contributed by atoms with Gasteiger partial charge < -0.3 is 10.1 Å². The molecule has 5 heteroatoms. The first-order valence-corrected chi connectivity index (χ1v) is 10.6. The first-order chi connectivity index (χ1) is 12.2. The van der Waals surface area contributed by atoms with Crippen LogP contribution in [0.15, 0.2) is 0 Å². The molecule has 0 atom stereocenters. The van der Waals surface area contributed by atoms with Gasteiger partial charge in [0.15, 0.2) is 0 Å². The Morgan fingerprint density at radius 1 is 0.960 bits per heavy atom. The zero-order valence-corrected chi connectivity index (χ0v) is 16.4. The number of rotatable bonds is 4. The number of fused-ring (bicyclic) bond motifs is 1. The molecule has 1 heterocycles. The number of hydrogen-bond donors (Lipinski definition) is 1. The minimum absolute atomic E-state index is 0.0529. The monoisotopic (exact) mass is 365 g/mol. The van der Waals surface area contributed by atoms with E-state index in [-0.39, 0.29) is 11.9 Å². The Morgan fingerprint density at radius 2 is 1.56 bits per heavy atom. The lowest BCUT2D eigenvalue weighted by atomic mass is 9.97. The zero-order chi connectivity index (χ0) is 18.1. The van der Waals surface area contributed by atoms with E-state index in [1.54, 1.807) is 11.3 Å². The summed E-state index contributed by atoms with van der Waals surface area (Å²) in [5.41, 5.74) is 1.73. The number of thiophene rings is 1. The topological polar surface area (TPSA) is 55.4 Å². The highest BCUT2D eigenvalue weighted by atomic mass is 32.1. The van der Waals surface area contributed by atoms with Crippen LogP contribution in [0.1, 0.15) is 92.4 Å². The lowest BCUT2D eigenvalue weighted by Crippen LogP contribution is -2.14. The number of aryl methyl sites for hydroxylation is 1. The first kappa shape index (κ1) is 20.0. The molecule has 0 aliphatic heterocycles. The summed E-state index contributed by atoms with van der Waals surface area (Å²) < 4.78 is 5.30. The van der Waals surface area contributed by atoms with E-state index in [0.717, 1.165) is 31.2 Å². The van der Waals surface area contributed by atoms with E-state index >= 15 is 0 Å². The van der Waals surface area contributed by atoms with Crippen LogP contribution in [0.3, 0.4) is 0 Å². The van der Waals surface area contributed by atoms with Gasteiger partial charge in [-0.15, -0.1) is 11.3 Å². The van der Waals surface area contributed by atoms with Crippen molar-refractivity contribution in [3.8, 4) is 0 Å². The maximum atomic E-state index is 12.6. The van der Waals surface area contributed by atoms with Gasteiger partial charge in [-0.05, 0) is 38.2 Å². The van der Waals surface area contributed by atoms with Crippen LogP contribution >= 0.6 is 11.3 Å². The van der Waals surface area contributed by atoms with E-state index in [9.17, 15) is 9.59 Å². The summed E-state index contributed by atoms with van der Waals surface area (Å²) >= 11 is 1.58. The molecule has 0 aromatic carbocycles. The fourth-order valence-electron chi connectivity index (χ4n) is 3.35. The minimum Gasteiger partial charge on any atom is -0.462 e. The Balaban J connectivity index is 2.33. The van der Waals surface area contributed by atoms with E-state index < -0.39 is 0 Å². The molecule has 0 fully saturated rings. The van der Waals surface area contributed by atoms with Crippen LogP contribution in [0, 0.1) is 0 Å². The highest BCUT2D eigenvalue weighted by Crippen LogP contribution is 2.37. The number of nitrogens with one attached hydrogen (secondary N) is 1. The second-order valence-electron chi connectivity index (χ2n) is 6.66. The summed E-state index contributed by atoms with van der Waals surface area (Å²) in [5.74, 6) is -0.346. The average Bonchev–Trinajstić information content (AvgIpc) is 2.92. The summed E-state index contributed by atoms with van der Waals surface area (Å²) in [6.07, 6.45) is 12.2. The third-order valence-electron chi connectivity index (χ3n) is 4.72. The molecular formula is C20H31NO3S. The third-order valence-corrected chi connectivity index (χ3v) is 5.93. The molecule has 1 aromatic rings. The van der Waals surface area contributed by atoms with Crippen molar-refractivity contribution in [2.75, 3.05) is 11.9 Å². The molecule has 1 aromatic heterocycles. The Hall–Kier alpha value is -1.36. The number of hydrogen-bond acceptors (Lipinski definition) is 4. The largest absolute Gasteiger partial charge is 0.462 e. The van der Waals surface area contributed by atoms with Crippen molar-refractivity contribution in [3.05, 3.63) is 16.0 Å². The van der Waals surface area contributed by atoms with Gasteiger partial charge in [0.25, 0.3) is 0 Å². The Labute approximate surface area is 155 Å². The maximum Gasteiger partial charge on any atom is 0.341 e. The summed E-state index contributed by atoms with van der Waals surface area (Å²) in [6, 6.07) is 0. The van der Waals surface area contributed by atoms with Crippen LogP contribution in [-0.2, 0) is 22.4 Å². The molecule has 1 aliphatic carbocycles. The van der Waals surface area contributed by atoms with Crippen LogP contribution < -0.4 is 5.32 Å². The predicted molar refractivity (Wildman–Crippen MR) is 104 cm³/mol. The van der Waals surface area contributed by atoms with Crippen molar-refractivity contribution < 1.29 is 14.3 Å². The summed E-state index contributed by atoms with van der Waals surface area (Å²) in [6.45, 7) is 4.00. The van der Waals surface area contributed by atoms with Crippen LogP contribution in [0.2, 0.25) is 0 Å². The van der Waals surface area contributed by atoms with E-state index in [2.05, 4.69) is 5.32 Å². The van der Waals surface area contributed by atoms with Crippen LogP contribution in [0.4, 0.5) is 5.00 Å². The SMILES string of the molecule is CCOC(=O)c1c(NC(=O)CC)sc2c1CCCCCCCCCC2. The van der Waals surface area contributed by atoms with Crippen molar-refractivity contribution in [2.45, 2.75) is 84.5 Å². The molecule has 4 nitrogen and oxygen atoms in total. The molecule has 0 bridgehead atoms. The predicted octanol–water partition coefficient (Wildman–Crippen LogP) is 5.49. The Kier molecular flexibility index (Phi) is 8.45. The van der Waals surface area contributed by atoms with Gasteiger partial charge in [-0.25, -0.2) is 4.79 Å². The Morgan fingerprint density at radius 3 is 2.16 bits per heavy atom. The number of amides is 1. The molecular weight excluding hydrogens is 334 g/mol. The molecule has 0 saturated carbocycles. The lowest BCUT2D eigenvalue weighted by Gasteiger charge is -2.10. The summed E-state index contributed by atoms with van der Waals surface area (Å²) in [4.78, 5) is 25.7. The van der Waals surface area contributed by atoms with Gasteiger partial charge in [0.2, 0.25) is 5.91 Å². The van der Waals surface area contributed by atoms with E-state index in [4.69, 9.17) is 4.74 Å². The maximum absolute atomic E-state index is 12.6. The lowest BCUT2D eigenvalue weighted by molar-refractivity contribution is -0.115. The standard InChI is InChI=1S/C20H31NO3S/c1-3-17(22)21-19-18(20(23)24-4-2)15-13-11-9-7-5-6-8-10-12-14-16(15)25-19/h3-14H2,1-2H3,(H,21,22). The molecule has 1 N–H and O–H groups in total. The second-order valence-corrected chi connectivity index (χ2v) is 7.76. The van der Waals surface area contributed by atoms with Crippen molar-refractivity contribution in [1.82, 2.24) is 0 Å². The van der Waals surface area contributed by atoms with Gasteiger partial charge >= 0.3 is 5.97 Å². The fraction of sp³-hybridized carbons (Fsp3) is 0.700.